The molecule has 0 bridgehead atoms. The number of nitrogen functional groups attached to an aromatic ring is 1. The SMILES string of the molecule is CCNS(=O)(=O)c1ccc(N)c(NCC(F)F)c1. The first kappa shape index (κ1) is 14.7. The maximum Gasteiger partial charge on any atom is 0.255 e. The van der Waals surface area contributed by atoms with Crippen LogP contribution in [0.3, 0.4) is 0 Å². The summed E-state index contributed by atoms with van der Waals surface area (Å²) in [5.41, 5.74) is 5.96. The van der Waals surface area contributed by atoms with Crippen LogP contribution in [0.5, 0.6) is 0 Å². The Bertz CT molecular complexity index is 506. The number of anilines is 2. The molecule has 0 spiro atoms. The minimum atomic E-state index is -3.62. The van der Waals surface area contributed by atoms with Gasteiger partial charge in [0.15, 0.2) is 0 Å². The average Bonchev–Trinajstić information content (AvgIpc) is 2.27. The Labute approximate surface area is 104 Å². The Morgan fingerprint density at radius 2 is 2.06 bits per heavy atom. The van der Waals surface area contributed by atoms with Crippen LogP contribution in [0.15, 0.2) is 23.1 Å². The number of rotatable bonds is 6. The molecule has 0 saturated heterocycles. The predicted molar refractivity (Wildman–Crippen MR) is 66.2 cm³/mol. The molecule has 8 heteroatoms. The van der Waals surface area contributed by atoms with E-state index in [1.165, 1.54) is 18.2 Å². The van der Waals surface area contributed by atoms with Gasteiger partial charge in [-0.05, 0) is 18.2 Å². The summed E-state index contributed by atoms with van der Waals surface area (Å²) in [6, 6.07) is 3.91. The molecule has 0 saturated carbocycles. The minimum absolute atomic E-state index is 0.0182. The summed E-state index contributed by atoms with van der Waals surface area (Å²) in [7, 11) is -3.62. The number of nitrogens with two attached hydrogens (primary N) is 1. The third-order valence-electron chi connectivity index (χ3n) is 2.12. The van der Waals surface area contributed by atoms with Gasteiger partial charge < -0.3 is 11.1 Å². The van der Waals surface area contributed by atoms with E-state index in [1.54, 1.807) is 6.92 Å². The normalized spacial score (nSPS) is 11.8. The summed E-state index contributed by atoms with van der Waals surface area (Å²) in [4.78, 5) is -0.0182. The summed E-state index contributed by atoms with van der Waals surface area (Å²) < 4.78 is 49.9. The van der Waals surface area contributed by atoms with Gasteiger partial charge in [0.1, 0.15) is 0 Å². The molecular formula is C10H15F2N3O2S. The van der Waals surface area contributed by atoms with E-state index >= 15 is 0 Å². The maximum absolute atomic E-state index is 12.1. The zero-order chi connectivity index (χ0) is 13.8. The zero-order valence-corrected chi connectivity index (χ0v) is 10.6. The Kier molecular flexibility index (Phi) is 4.85. The third-order valence-corrected chi connectivity index (χ3v) is 3.66. The molecule has 0 aliphatic carbocycles. The van der Waals surface area contributed by atoms with Crippen molar-refractivity contribution in [2.45, 2.75) is 18.2 Å². The quantitative estimate of drug-likeness (QED) is 0.684. The van der Waals surface area contributed by atoms with Crippen molar-refractivity contribution in [3.63, 3.8) is 0 Å². The number of hydrogen-bond acceptors (Lipinski definition) is 4. The Morgan fingerprint density at radius 3 is 2.61 bits per heavy atom. The summed E-state index contributed by atoms with van der Waals surface area (Å²) in [6.07, 6.45) is -2.54. The second-order valence-electron chi connectivity index (χ2n) is 3.52. The highest BCUT2D eigenvalue weighted by Gasteiger charge is 2.14. The van der Waals surface area contributed by atoms with Gasteiger partial charge in [0, 0.05) is 6.54 Å². The molecule has 0 radical (unpaired) electrons. The highest BCUT2D eigenvalue weighted by atomic mass is 32.2. The molecule has 1 aromatic rings. The van der Waals surface area contributed by atoms with Crippen molar-refractivity contribution in [2.24, 2.45) is 0 Å². The van der Waals surface area contributed by atoms with Crippen molar-refractivity contribution in [1.29, 1.82) is 0 Å². The van der Waals surface area contributed by atoms with E-state index in [-0.39, 0.29) is 22.8 Å². The van der Waals surface area contributed by atoms with Crippen molar-refractivity contribution >= 4 is 21.4 Å². The van der Waals surface area contributed by atoms with Gasteiger partial charge in [-0.15, -0.1) is 0 Å². The van der Waals surface area contributed by atoms with Gasteiger partial charge in [0.2, 0.25) is 10.0 Å². The summed E-state index contributed by atoms with van der Waals surface area (Å²) in [6.45, 7) is 1.30. The molecule has 0 aliphatic heterocycles. The largest absolute Gasteiger partial charge is 0.397 e. The Morgan fingerprint density at radius 1 is 1.39 bits per heavy atom. The van der Waals surface area contributed by atoms with Crippen molar-refractivity contribution in [3.05, 3.63) is 18.2 Å². The van der Waals surface area contributed by atoms with E-state index in [2.05, 4.69) is 10.0 Å². The van der Waals surface area contributed by atoms with E-state index in [9.17, 15) is 17.2 Å². The molecule has 0 aromatic heterocycles. The standard InChI is InChI=1S/C10H15F2N3O2S/c1-2-15-18(16,17)7-3-4-8(13)9(5-7)14-6-10(11)12/h3-5,10,14-15H,2,6,13H2,1H3. The molecule has 18 heavy (non-hydrogen) atoms. The molecule has 1 rings (SSSR count). The molecule has 1 aromatic carbocycles. The minimum Gasteiger partial charge on any atom is -0.397 e. The molecule has 5 nitrogen and oxygen atoms in total. The van der Waals surface area contributed by atoms with Gasteiger partial charge in [-0.25, -0.2) is 21.9 Å². The number of hydrogen-bond donors (Lipinski definition) is 3. The van der Waals surface area contributed by atoms with Crippen LogP contribution in [0.1, 0.15) is 6.92 Å². The van der Waals surface area contributed by atoms with Crippen molar-refractivity contribution in [1.82, 2.24) is 4.72 Å². The van der Waals surface area contributed by atoms with Crippen LogP contribution in [0.2, 0.25) is 0 Å². The van der Waals surface area contributed by atoms with Crippen LogP contribution in [-0.4, -0.2) is 27.9 Å². The number of sulfonamides is 1. The summed E-state index contributed by atoms with van der Waals surface area (Å²) in [5.74, 6) is 0. The molecule has 4 N–H and O–H groups in total. The second kappa shape index (κ2) is 5.96. The molecular weight excluding hydrogens is 264 g/mol. The fourth-order valence-electron chi connectivity index (χ4n) is 1.32. The van der Waals surface area contributed by atoms with E-state index in [0.717, 1.165) is 0 Å². The Balaban J connectivity index is 3.00. The first-order chi connectivity index (χ1) is 8.36. The van der Waals surface area contributed by atoms with Gasteiger partial charge in [-0.3, -0.25) is 0 Å². The summed E-state index contributed by atoms with van der Waals surface area (Å²) in [5, 5.41) is 2.40. The highest BCUT2D eigenvalue weighted by molar-refractivity contribution is 7.89. The van der Waals surface area contributed by atoms with Crippen LogP contribution >= 0.6 is 0 Å². The van der Waals surface area contributed by atoms with E-state index in [0.29, 0.717) is 0 Å². The predicted octanol–water partition coefficient (Wildman–Crippen LogP) is 1.24. The topological polar surface area (TPSA) is 84.2 Å². The smallest absolute Gasteiger partial charge is 0.255 e. The highest BCUT2D eigenvalue weighted by Crippen LogP contribution is 2.22. The van der Waals surface area contributed by atoms with Crippen molar-refractivity contribution in [3.8, 4) is 0 Å². The number of benzene rings is 1. The van der Waals surface area contributed by atoms with Crippen LogP contribution in [0.4, 0.5) is 20.2 Å². The van der Waals surface area contributed by atoms with E-state index in [1.807, 2.05) is 0 Å². The molecule has 0 fully saturated rings. The van der Waals surface area contributed by atoms with Crippen molar-refractivity contribution < 1.29 is 17.2 Å². The van der Waals surface area contributed by atoms with Crippen LogP contribution in [0, 0.1) is 0 Å². The van der Waals surface area contributed by atoms with E-state index in [4.69, 9.17) is 5.73 Å². The monoisotopic (exact) mass is 279 g/mol. The van der Waals surface area contributed by atoms with Gasteiger partial charge >= 0.3 is 0 Å². The Hall–Kier alpha value is -1.41. The molecule has 0 atom stereocenters. The van der Waals surface area contributed by atoms with Gasteiger partial charge in [-0.1, -0.05) is 6.92 Å². The molecule has 0 unspecified atom stereocenters. The lowest BCUT2D eigenvalue weighted by molar-refractivity contribution is 0.163. The zero-order valence-electron chi connectivity index (χ0n) is 9.78. The lowest BCUT2D eigenvalue weighted by Crippen LogP contribution is -2.23. The first-order valence-electron chi connectivity index (χ1n) is 5.28. The first-order valence-corrected chi connectivity index (χ1v) is 6.76. The van der Waals surface area contributed by atoms with Gasteiger partial charge in [-0.2, -0.15) is 0 Å². The fourth-order valence-corrected chi connectivity index (χ4v) is 2.38. The molecule has 0 aliphatic rings. The average molecular weight is 279 g/mol. The lowest BCUT2D eigenvalue weighted by Gasteiger charge is -2.11. The van der Waals surface area contributed by atoms with E-state index < -0.39 is 23.0 Å². The van der Waals surface area contributed by atoms with Crippen LogP contribution in [-0.2, 0) is 10.0 Å². The molecule has 102 valence electrons. The van der Waals surface area contributed by atoms with Gasteiger partial charge in [0.05, 0.1) is 22.8 Å². The maximum atomic E-state index is 12.1. The second-order valence-corrected chi connectivity index (χ2v) is 5.29. The number of alkyl halides is 2. The molecule has 0 heterocycles. The molecule has 0 amide bonds. The fraction of sp³-hybridized carbons (Fsp3) is 0.400. The lowest BCUT2D eigenvalue weighted by atomic mass is 10.2. The summed E-state index contributed by atoms with van der Waals surface area (Å²) >= 11 is 0. The van der Waals surface area contributed by atoms with Crippen LogP contribution in [0.25, 0.3) is 0 Å². The third kappa shape index (κ3) is 3.81. The van der Waals surface area contributed by atoms with Gasteiger partial charge in [0.25, 0.3) is 6.43 Å². The number of halogens is 2. The van der Waals surface area contributed by atoms with Crippen LogP contribution < -0.4 is 15.8 Å². The van der Waals surface area contributed by atoms with Crippen molar-refractivity contribution in [2.75, 3.05) is 24.1 Å². The number of nitrogens with one attached hydrogen (secondary N) is 2.